The lowest BCUT2D eigenvalue weighted by Gasteiger charge is -2.36. The maximum Gasteiger partial charge on any atom is 0.301 e. The second kappa shape index (κ2) is 4.43. The minimum atomic E-state index is -0.577. The minimum Gasteiger partial charge on any atom is -0.368 e. The first-order valence-electron chi connectivity index (χ1n) is 3.98. The van der Waals surface area contributed by atoms with Gasteiger partial charge in [-0.3, -0.25) is 10.8 Å². The molecule has 0 bridgehead atoms. The van der Waals surface area contributed by atoms with Gasteiger partial charge >= 0.3 is 5.96 Å². The highest BCUT2D eigenvalue weighted by molar-refractivity contribution is 5.84. The van der Waals surface area contributed by atoms with Crippen LogP contribution in [0.25, 0.3) is 0 Å². The molecule has 0 radical (unpaired) electrons. The molecule has 0 aliphatic carbocycles. The summed E-state index contributed by atoms with van der Waals surface area (Å²) in [6, 6.07) is 0. The third-order valence-electron chi connectivity index (χ3n) is 1.60. The van der Waals surface area contributed by atoms with Crippen LogP contribution in [0.4, 0.5) is 0 Å². The predicted molar refractivity (Wildman–Crippen MR) is 55.3 cm³/mol. The molecule has 0 fully saturated rings. The first-order valence-corrected chi connectivity index (χ1v) is 3.98. The van der Waals surface area contributed by atoms with Crippen LogP contribution in [0.15, 0.2) is 10.2 Å². The summed E-state index contributed by atoms with van der Waals surface area (Å²) in [5, 5.41) is 23.6. The van der Waals surface area contributed by atoms with Gasteiger partial charge in [-0.25, -0.2) is 17.2 Å². The van der Waals surface area contributed by atoms with E-state index in [1.54, 1.807) is 0 Å². The highest BCUT2D eigenvalue weighted by atomic mass is 16.2. The summed E-state index contributed by atoms with van der Waals surface area (Å²) in [7, 11) is 0. The van der Waals surface area contributed by atoms with E-state index in [0.29, 0.717) is 10.2 Å². The van der Waals surface area contributed by atoms with Crippen molar-refractivity contribution < 1.29 is 0 Å². The smallest absolute Gasteiger partial charge is 0.301 e. The standard InChI is InChI=1S/C3H12N14/c4-1(5)14(9)16-3(11-8)12-13-17(16)15(10)2(6)7/h8,13H,9-10H2,(H3,4,5)(H3,6,7). The SMILES string of the molecule is N=NC1=NNN(N(N)C(=N)N)N1N(N)C(=N)N. The van der Waals surface area contributed by atoms with Crippen molar-refractivity contribution in [3.8, 4) is 0 Å². The summed E-state index contributed by atoms with van der Waals surface area (Å²) in [6.07, 6.45) is 0. The third kappa shape index (κ3) is 2.12. The van der Waals surface area contributed by atoms with Gasteiger partial charge in [0.2, 0.25) is 11.9 Å². The van der Waals surface area contributed by atoms with Crippen molar-refractivity contribution in [2.45, 2.75) is 0 Å². The van der Waals surface area contributed by atoms with Crippen LogP contribution in [0.2, 0.25) is 0 Å². The molecule has 1 heterocycles. The maximum atomic E-state index is 7.15. The van der Waals surface area contributed by atoms with Gasteiger partial charge in [-0.05, 0) is 0 Å². The highest BCUT2D eigenvalue weighted by Gasteiger charge is 2.35. The van der Waals surface area contributed by atoms with Crippen LogP contribution in [-0.2, 0) is 0 Å². The van der Waals surface area contributed by atoms with Gasteiger partial charge < -0.3 is 11.5 Å². The van der Waals surface area contributed by atoms with Crippen LogP contribution in [0.5, 0.6) is 0 Å². The Bertz CT molecular complexity index is 368. The van der Waals surface area contributed by atoms with Crippen molar-refractivity contribution in [3.05, 3.63) is 0 Å². The zero-order valence-electron chi connectivity index (χ0n) is 8.49. The molecule has 0 aromatic heterocycles. The first kappa shape index (κ1) is 12.4. The van der Waals surface area contributed by atoms with Gasteiger partial charge in [0, 0.05) is 5.23 Å². The fourth-order valence-corrected chi connectivity index (χ4v) is 0.862. The van der Waals surface area contributed by atoms with E-state index < -0.39 is 11.9 Å². The van der Waals surface area contributed by atoms with Gasteiger partial charge in [0.05, 0.1) is 0 Å². The van der Waals surface area contributed by atoms with Crippen molar-refractivity contribution in [1.29, 1.82) is 16.3 Å². The zero-order valence-corrected chi connectivity index (χ0v) is 8.49. The average Bonchev–Trinajstić information content (AvgIpc) is 2.69. The highest BCUT2D eigenvalue weighted by Crippen LogP contribution is 2.07. The van der Waals surface area contributed by atoms with E-state index in [0.717, 1.165) is 10.3 Å². The number of hydrogen-bond donors (Lipinski definition) is 8. The van der Waals surface area contributed by atoms with Gasteiger partial charge in [0.1, 0.15) is 0 Å². The number of nitrogens with one attached hydrogen (secondary N) is 4. The van der Waals surface area contributed by atoms with E-state index in [1.807, 2.05) is 0 Å². The second-order valence-corrected chi connectivity index (χ2v) is 2.66. The Morgan fingerprint density at radius 3 is 2.18 bits per heavy atom. The summed E-state index contributed by atoms with van der Waals surface area (Å²) in [5.41, 5.74) is 19.4. The number of guanidine groups is 3. The number of nitrogens with zero attached hydrogens (tertiary/aromatic N) is 6. The largest absolute Gasteiger partial charge is 0.368 e. The molecule has 0 atom stereocenters. The Labute approximate surface area is 94.7 Å². The lowest BCUT2D eigenvalue weighted by Crippen LogP contribution is -2.69. The van der Waals surface area contributed by atoms with E-state index in [9.17, 15) is 0 Å². The molecule has 14 heteroatoms. The molecular weight excluding hydrogens is 232 g/mol. The lowest BCUT2D eigenvalue weighted by atomic mass is 10.9. The van der Waals surface area contributed by atoms with Gasteiger partial charge in [-0.15, -0.1) is 15.3 Å². The molecule has 14 nitrogen and oxygen atoms in total. The first-order chi connectivity index (χ1) is 7.90. The molecule has 17 heavy (non-hydrogen) atoms. The zero-order chi connectivity index (χ0) is 13.2. The van der Waals surface area contributed by atoms with E-state index in [-0.39, 0.29) is 5.96 Å². The van der Waals surface area contributed by atoms with Gasteiger partial charge in [-0.2, -0.15) is 15.8 Å². The quantitative estimate of drug-likeness (QED) is 0.0784. The summed E-state index contributed by atoms with van der Waals surface area (Å²) < 4.78 is 0. The van der Waals surface area contributed by atoms with Crippen molar-refractivity contribution in [2.75, 3.05) is 0 Å². The molecule has 0 saturated heterocycles. The monoisotopic (exact) mass is 244 g/mol. The Hall–Kier alpha value is -2.71. The summed E-state index contributed by atoms with van der Waals surface area (Å²) in [5.74, 6) is 9.43. The van der Waals surface area contributed by atoms with Crippen molar-refractivity contribution in [3.63, 3.8) is 0 Å². The van der Waals surface area contributed by atoms with Crippen molar-refractivity contribution in [2.24, 2.45) is 33.4 Å². The molecule has 12 N–H and O–H groups in total. The molecule has 0 saturated carbocycles. The van der Waals surface area contributed by atoms with E-state index in [4.69, 9.17) is 39.5 Å². The van der Waals surface area contributed by atoms with Gasteiger partial charge in [-0.1, -0.05) is 0 Å². The minimum absolute atomic E-state index is 0.264. The molecular formula is C3H12N14. The number of nitrogens with two attached hydrogens (primary N) is 4. The van der Waals surface area contributed by atoms with Gasteiger partial charge in [0.15, 0.2) is 0 Å². The van der Waals surface area contributed by atoms with Crippen molar-refractivity contribution in [1.82, 2.24) is 26.1 Å². The molecule has 0 aromatic rings. The van der Waals surface area contributed by atoms with Crippen LogP contribution >= 0.6 is 0 Å². The van der Waals surface area contributed by atoms with E-state index in [1.165, 1.54) is 0 Å². The summed E-state index contributed by atoms with van der Waals surface area (Å²) in [4.78, 5) is 0. The molecule has 0 spiro atoms. The number of hydrogen-bond acceptors (Lipinski definition) is 10. The number of hydrazine groups is 6. The second-order valence-electron chi connectivity index (χ2n) is 2.66. The lowest BCUT2D eigenvalue weighted by molar-refractivity contribution is -0.206. The van der Waals surface area contributed by atoms with E-state index >= 15 is 0 Å². The molecule has 0 aromatic carbocycles. The summed E-state index contributed by atoms with van der Waals surface area (Å²) in [6.45, 7) is 0. The predicted octanol–water partition coefficient (Wildman–Crippen LogP) is -3.71. The summed E-state index contributed by atoms with van der Waals surface area (Å²) >= 11 is 0. The van der Waals surface area contributed by atoms with Crippen LogP contribution < -0.4 is 28.7 Å². The third-order valence-corrected chi connectivity index (χ3v) is 1.60. The Morgan fingerprint density at radius 2 is 1.76 bits per heavy atom. The molecule has 1 aliphatic rings. The molecule has 0 unspecified atom stereocenters. The molecule has 94 valence electrons. The van der Waals surface area contributed by atoms with Crippen LogP contribution in [-0.4, -0.2) is 38.5 Å². The fraction of sp³-hybridized carbons (Fsp3) is 0. The van der Waals surface area contributed by atoms with Crippen LogP contribution in [0, 0.1) is 16.3 Å². The average molecular weight is 244 g/mol. The van der Waals surface area contributed by atoms with Crippen LogP contribution in [0.3, 0.4) is 0 Å². The Morgan fingerprint density at radius 1 is 1.24 bits per heavy atom. The molecule has 0 amide bonds. The normalized spacial score (nSPS) is 14.9. The van der Waals surface area contributed by atoms with E-state index in [2.05, 4.69) is 15.8 Å². The Balaban J connectivity index is 2.98. The Kier molecular flexibility index (Phi) is 3.22. The molecule has 1 aliphatic heterocycles. The van der Waals surface area contributed by atoms with Crippen molar-refractivity contribution >= 4 is 17.9 Å². The maximum absolute atomic E-state index is 7.15. The van der Waals surface area contributed by atoms with Gasteiger partial charge in [0.25, 0.3) is 0 Å². The fourth-order valence-electron chi connectivity index (χ4n) is 0.862. The molecule has 1 rings (SSSR count). The topological polar surface area (TPSA) is 225 Å². The number of hydrazone groups is 1. The van der Waals surface area contributed by atoms with Crippen LogP contribution in [0.1, 0.15) is 0 Å². The number of rotatable bonds is 2.